The summed E-state index contributed by atoms with van der Waals surface area (Å²) in [6.07, 6.45) is -6.87. The summed E-state index contributed by atoms with van der Waals surface area (Å²) < 4.78 is 78.9. The number of nitrogens with one attached hydrogen (secondary N) is 1. The van der Waals surface area contributed by atoms with E-state index >= 15 is 0 Å². The summed E-state index contributed by atoms with van der Waals surface area (Å²) in [5.74, 6) is -3.82. The lowest BCUT2D eigenvalue weighted by Gasteiger charge is -2.35. The molecule has 7 aliphatic rings. The summed E-state index contributed by atoms with van der Waals surface area (Å²) in [6, 6.07) is 8.13. The fourth-order valence-corrected chi connectivity index (χ4v) is 9.02. The van der Waals surface area contributed by atoms with E-state index in [4.69, 9.17) is 4.84 Å². The van der Waals surface area contributed by atoms with Gasteiger partial charge in [0.05, 0.1) is 11.1 Å². The van der Waals surface area contributed by atoms with Crippen molar-refractivity contribution in [1.29, 1.82) is 0 Å². The SMILES string of the molecule is FC(F)(F)c1ccc(N2CCCC2)c(CN2CCNCC2)c1.O=C(ON1C(=O)CCC1=O)N1CCN(Cc2cc(C(F)(F)F)ccc2N2CCCC2)CC1.O=C(ON1C(=O)CCC1=O)ON1C(=O)CCC1=O. The van der Waals surface area contributed by atoms with Crippen LogP contribution in [0, 0.1) is 0 Å². The van der Waals surface area contributed by atoms with Gasteiger partial charge in [-0.1, -0.05) is 10.1 Å². The molecule has 20 nitrogen and oxygen atoms in total. The number of halogens is 6. The van der Waals surface area contributed by atoms with Crippen molar-refractivity contribution in [3.8, 4) is 0 Å². The Bertz CT molecular complexity index is 2280. The Morgan fingerprint density at radius 2 is 0.819 bits per heavy atom. The van der Waals surface area contributed by atoms with Crippen molar-refractivity contribution in [2.45, 2.75) is 89.7 Å². The minimum absolute atomic E-state index is 0.0240. The van der Waals surface area contributed by atoms with E-state index in [0.717, 1.165) is 101 Å². The summed E-state index contributed by atoms with van der Waals surface area (Å²) in [7, 11) is 0. The molecular formula is C46H55F6N9O11. The Morgan fingerprint density at radius 1 is 0.472 bits per heavy atom. The molecule has 0 bridgehead atoms. The third kappa shape index (κ3) is 13.7. The Balaban J connectivity index is 0.000000166. The van der Waals surface area contributed by atoms with Crippen LogP contribution in [-0.4, -0.2) is 156 Å². The second kappa shape index (κ2) is 23.3. The van der Waals surface area contributed by atoms with Gasteiger partial charge in [-0.2, -0.15) is 31.1 Å². The zero-order chi connectivity index (χ0) is 51.7. The number of carbonyl (C=O) groups excluding carboxylic acids is 8. The molecule has 9 rings (SSSR count). The number of amides is 7. The zero-order valence-electron chi connectivity index (χ0n) is 39.3. The number of rotatable bonds is 9. The first kappa shape index (κ1) is 53.3. The van der Waals surface area contributed by atoms with Gasteiger partial charge in [0.1, 0.15) is 0 Å². The van der Waals surface area contributed by atoms with E-state index in [1.165, 1.54) is 23.1 Å². The average molecular weight is 1020 g/mol. The quantitative estimate of drug-likeness (QED) is 0.270. The molecule has 2 aromatic carbocycles. The molecule has 7 aliphatic heterocycles. The maximum absolute atomic E-state index is 13.3. The topological polar surface area (TPSA) is 202 Å². The van der Waals surface area contributed by atoms with E-state index in [1.807, 2.05) is 4.90 Å². The molecule has 0 saturated carbocycles. The summed E-state index contributed by atoms with van der Waals surface area (Å²) in [6.45, 7) is 9.48. The van der Waals surface area contributed by atoms with Crippen LogP contribution >= 0.6 is 0 Å². The second-order valence-electron chi connectivity index (χ2n) is 17.9. The molecule has 2 aromatic rings. The molecule has 7 heterocycles. The normalized spacial score (nSPS) is 20.3. The molecular weight excluding hydrogens is 969 g/mol. The predicted octanol–water partition coefficient (Wildman–Crippen LogP) is 4.60. The molecule has 0 spiro atoms. The molecule has 392 valence electrons. The van der Waals surface area contributed by atoms with Crippen molar-refractivity contribution < 1.29 is 79.2 Å². The lowest BCUT2D eigenvalue weighted by atomic mass is 10.1. The number of nitrogens with zero attached hydrogens (tertiary/aromatic N) is 8. The fraction of sp³-hybridized carbons (Fsp3) is 0.565. The summed E-state index contributed by atoms with van der Waals surface area (Å²) in [5, 5.41) is 4.30. The highest BCUT2D eigenvalue weighted by atomic mass is 19.4. The lowest BCUT2D eigenvalue weighted by Crippen LogP contribution is -2.50. The Hall–Kier alpha value is -6.54. The lowest BCUT2D eigenvalue weighted by molar-refractivity contribution is -0.198. The molecule has 7 amide bonds. The first-order chi connectivity index (χ1) is 34.2. The van der Waals surface area contributed by atoms with E-state index in [-0.39, 0.29) is 61.7 Å². The number of hydrogen-bond donors (Lipinski definition) is 1. The molecule has 0 unspecified atom stereocenters. The third-order valence-corrected chi connectivity index (χ3v) is 12.9. The van der Waals surface area contributed by atoms with Crippen LogP contribution in [0.1, 0.15) is 86.5 Å². The van der Waals surface area contributed by atoms with Crippen LogP contribution in [-0.2, 0) is 68.7 Å². The first-order valence-electron chi connectivity index (χ1n) is 23.7. The summed E-state index contributed by atoms with van der Waals surface area (Å²) in [4.78, 5) is 115. The molecule has 0 aliphatic carbocycles. The number of hydroxylamine groups is 6. The van der Waals surface area contributed by atoms with E-state index in [9.17, 15) is 64.7 Å². The Morgan fingerprint density at radius 3 is 1.18 bits per heavy atom. The fourth-order valence-electron chi connectivity index (χ4n) is 9.02. The molecule has 72 heavy (non-hydrogen) atoms. The molecule has 26 heteroatoms. The molecule has 7 saturated heterocycles. The van der Waals surface area contributed by atoms with Crippen molar-refractivity contribution in [3.63, 3.8) is 0 Å². The number of hydrogen-bond acceptors (Lipinski definition) is 16. The highest BCUT2D eigenvalue weighted by molar-refractivity contribution is 6.03. The van der Waals surface area contributed by atoms with Crippen LogP contribution < -0.4 is 15.1 Å². The number of carbonyl (C=O) groups is 8. The number of alkyl halides is 6. The predicted molar refractivity (Wildman–Crippen MR) is 238 cm³/mol. The van der Waals surface area contributed by atoms with Crippen molar-refractivity contribution >= 4 is 59.1 Å². The van der Waals surface area contributed by atoms with Crippen LogP contribution in [0.2, 0.25) is 0 Å². The Labute approximate surface area is 409 Å². The minimum atomic E-state index is -4.41. The average Bonchev–Trinajstić information content (AvgIpc) is 4.23. The third-order valence-electron chi connectivity index (χ3n) is 12.9. The highest BCUT2D eigenvalue weighted by Gasteiger charge is 2.39. The van der Waals surface area contributed by atoms with Gasteiger partial charge in [-0.05, 0) is 73.2 Å². The van der Waals surface area contributed by atoms with Gasteiger partial charge in [-0.25, -0.2) is 4.79 Å². The van der Waals surface area contributed by atoms with Gasteiger partial charge in [-0.3, -0.25) is 48.2 Å². The zero-order valence-corrected chi connectivity index (χ0v) is 39.3. The number of piperazine rings is 2. The van der Waals surface area contributed by atoms with Crippen LogP contribution in [0.3, 0.4) is 0 Å². The number of imide groups is 3. The van der Waals surface area contributed by atoms with Gasteiger partial charge < -0.3 is 24.9 Å². The minimum Gasteiger partial charge on any atom is -0.371 e. The maximum Gasteiger partial charge on any atom is 0.560 e. The smallest absolute Gasteiger partial charge is 0.371 e. The molecule has 0 atom stereocenters. The molecule has 0 aromatic heterocycles. The van der Waals surface area contributed by atoms with Gasteiger partial charge in [0.25, 0.3) is 35.4 Å². The summed E-state index contributed by atoms with van der Waals surface area (Å²) >= 11 is 0. The van der Waals surface area contributed by atoms with E-state index in [2.05, 4.69) is 29.7 Å². The van der Waals surface area contributed by atoms with Gasteiger partial charge in [-0.15, -0.1) is 5.06 Å². The van der Waals surface area contributed by atoms with Crippen LogP contribution in [0.15, 0.2) is 36.4 Å². The van der Waals surface area contributed by atoms with Crippen molar-refractivity contribution in [2.75, 3.05) is 88.3 Å². The summed E-state index contributed by atoms with van der Waals surface area (Å²) in [5.41, 5.74) is 2.01. The Kier molecular flexibility index (Phi) is 17.3. The molecule has 0 radical (unpaired) electrons. The van der Waals surface area contributed by atoms with Gasteiger partial charge in [0.2, 0.25) is 0 Å². The van der Waals surface area contributed by atoms with Gasteiger partial charge in [0.15, 0.2) is 0 Å². The van der Waals surface area contributed by atoms with E-state index < -0.39 is 71.2 Å². The number of anilines is 2. The van der Waals surface area contributed by atoms with Crippen LogP contribution in [0.4, 0.5) is 47.3 Å². The highest BCUT2D eigenvalue weighted by Crippen LogP contribution is 2.36. The monoisotopic (exact) mass is 1020 g/mol. The van der Waals surface area contributed by atoms with Crippen LogP contribution in [0.25, 0.3) is 0 Å². The van der Waals surface area contributed by atoms with Crippen molar-refractivity contribution in [2.24, 2.45) is 0 Å². The van der Waals surface area contributed by atoms with E-state index in [0.29, 0.717) is 36.8 Å². The number of benzene rings is 2. The van der Waals surface area contributed by atoms with Gasteiger partial charge >= 0.3 is 24.6 Å². The van der Waals surface area contributed by atoms with Crippen molar-refractivity contribution in [3.05, 3.63) is 58.7 Å². The molecule has 1 N–H and O–H groups in total. The first-order valence-corrected chi connectivity index (χ1v) is 23.7. The van der Waals surface area contributed by atoms with Crippen LogP contribution in [0.5, 0.6) is 0 Å². The van der Waals surface area contributed by atoms with E-state index in [1.54, 1.807) is 12.1 Å². The maximum atomic E-state index is 13.3. The second-order valence-corrected chi connectivity index (χ2v) is 17.9. The molecule has 7 fully saturated rings. The largest absolute Gasteiger partial charge is 0.560 e. The van der Waals surface area contributed by atoms with Crippen molar-refractivity contribution in [1.82, 2.24) is 35.2 Å². The standard InChI is InChI=1S/C21H25F3N4O4.C16H22F3N3.C9H8N2O7/c22-21(23,24)16-3-4-17(26-7-1-2-8-26)15(13-16)14-25-9-11-27(12-10-25)20(31)32-28-18(29)5-6-19(28)30;17-16(18,19)14-3-4-15(22-7-1-2-8-22)13(11-14)12-21-9-5-20-6-10-21;12-5-1-2-6(13)10(5)17-9(16)18-11-7(14)3-4-8(11)15/h3-4,13H,1-2,5-12,14H2;3-4,11,20H,1-2,5-10,12H2;1-4H2. The van der Waals surface area contributed by atoms with Gasteiger partial charge in [0, 0.05) is 142 Å².